The molecule has 2 rings (SSSR count). The lowest BCUT2D eigenvalue weighted by Crippen LogP contribution is -2.35. The van der Waals surface area contributed by atoms with Gasteiger partial charge in [-0.25, -0.2) is 0 Å². The molecule has 1 aromatic rings. The van der Waals surface area contributed by atoms with Crippen molar-refractivity contribution in [3.05, 3.63) is 29.3 Å². The molecule has 1 fully saturated rings. The third-order valence-electron chi connectivity index (χ3n) is 4.40. The molecule has 1 amide bonds. The van der Waals surface area contributed by atoms with Crippen molar-refractivity contribution in [2.45, 2.75) is 55.6 Å². The summed E-state index contributed by atoms with van der Waals surface area (Å²) in [6.45, 7) is 6.37. The SMILES string of the molecule is CC[C@H](Sc1ccc(Cl)cc1)C(=O)NCCCN1CCCCCC1. The van der Waals surface area contributed by atoms with Crippen LogP contribution < -0.4 is 5.32 Å². The van der Waals surface area contributed by atoms with E-state index in [9.17, 15) is 4.79 Å². The molecule has 1 aromatic carbocycles. The van der Waals surface area contributed by atoms with E-state index in [-0.39, 0.29) is 11.2 Å². The second-order valence-electron chi connectivity index (χ2n) is 6.37. The van der Waals surface area contributed by atoms with Gasteiger partial charge in [0, 0.05) is 16.5 Å². The van der Waals surface area contributed by atoms with Gasteiger partial charge in [0.05, 0.1) is 5.25 Å². The highest BCUT2D eigenvalue weighted by Crippen LogP contribution is 2.26. The van der Waals surface area contributed by atoms with Crippen LogP contribution in [0, 0.1) is 0 Å². The summed E-state index contributed by atoms with van der Waals surface area (Å²) in [7, 11) is 0. The van der Waals surface area contributed by atoms with Gasteiger partial charge in [0.2, 0.25) is 5.91 Å². The number of carbonyl (C=O) groups is 1. The zero-order valence-corrected chi connectivity index (χ0v) is 16.2. The van der Waals surface area contributed by atoms with Crippen molar-refractivity contribution >= 4 is 29.3 Å². The van der Waals surface area contributed by atoms with Crippen LogP contribution in [-0.2, 0) is 4.79 Å². The van der Waals surface area contributed by atoms with Crippen LogP contribution in [0.4, 0.5) is 0 Å². The maximum Gasteiger partial charge on any atom is 0.233 e. The van der Waals surface area contributed by atoms with E-state index in [1.165, 1.54) is 38.8 Å². The Labute approximate surface area is 155 Å². The minimum Gasteiger partial charge on any atom is -0.355 e. The number of halogens is 1. The number of nitrogens with zero attached hydrogens (tertiary/aromatic N) is 1. The van der Waals surface area contributed by atoms with Gasteiger partial charge >= 0.3 is 0 Å². The fourth-order valence-electron chi connectivity index (χ4n) is 2.99. The minimum atomic E-state index is -0.0376. The van der Waals surface area contributed by atoms with Crippen LogP contribution in [0.1, 0.15) is 45.4 Å². The van der Waals surface area contributed by atoms with Crippen molar-refractivity contribution in [1.29, 1.82) is 0 Å². The molecule has 1 N–H and O–H groups in total. The summed E-state index contributed by atoms with van der Waals surface area (Å²) in [6.07, 6.45) is 7.24. The van der Waals surface area contributed by atoms with Crippen molar-refractivity contribution in [2.24, 2.45) is 0 Å². The number of hydrogen-bond donors (Lipinski definition) is 1. The monoisotopic (exact) mass is 368 g/mol. The zero-order chi connectivity index (χ0) is 17.2. The first-order chi connectivity index (χ1) is 11.7. The fourth-order valence-corrected chi connectivity index (χ4v) is 4.09. The molecule has 0 aliphatic carbocycles. The molecular weight excluding hydrogens is 340 g/mol. The summed E-state index contributed by atoms with van der Waals surface area (Å²) in [5.41, 5.74) is 0. The molecule has 0 bridgehead atoms. The zero-order valence-electron chi connectivity index (χ0n) is 14.6. The summed E-state index contributed by atoms with van der Waals surface area (Å²) >= 11 is 7.52. The summed E-state index contributed by atoms with van der Waals surface area (Å²) in [6, 6.07) is 7.69. The normalized spacial score (nSPS) is 17.2. The third kappa shape index (κ3) is 7.04. The lowest BCUT2D eigenvalue weighted by Gasteiger charge is -2.20. The van der Waals surface area contributed by atoms with E-state index in [4.69, 9.17) is 11.6 Å². The van der Waals surface area contributed by atoms with Crippen molar-refractivity contribution in [2.75, 3.05) is 26.2 Å². The third-order valence-corrected chi connectivity index (χ3v) is 6.03. The van der Waals surface area contributed by atoms with Gasteiger partial charge in [-0.05, 0) is 69.6 Å². The Bertz CT molecular complexity index is 487. The first kappa shape index (κ1) is 19.6. The lowest BCUT2D eigenvalue weighted by molar-refractivity contribution is -0.120. The van der Waals surface area contributed by atoms with Gasteiger partial charge in [-0.3, -0.25) is 4.79 Å². The Morgan fingerprint density at radius 3 is 2.50 bits per heavy atom. The molecule has 0 unspecified atom stereocenters. The van der Waals surface area contributed by atoms with Gasteiger partial charge < -0.3 is 10.2 Å². The van der Waals surface area contributed by atoms with E-state index in [1.54, 1.807) is 11.8 Å². The average Bonchev–Trinajstić information content (AvgIpc) is 2.87. The molecule has 24 heavy (non-hydrogen) atoms. The van der Waals surface area contributed by atoms with Gasteiger partial charge in [0.25, 0.3) is 0 Å². The van der Waals surface area contributed by atoms with E-state index in [0.29, 0.717) is 0 Å². The van der Waals surface area contributed by atoms with Crippen LogP contribution in [0.5, 0.6) is 0 Å². The summed E-state index contributed by atoms with van der Waals surface area (Å²) in [5, 5.41) is 3.80. The Balaban J connectivity index is 1.68. The Morgan fingerprint density at radius 1 is 1.21 bits per heavy atom. The highest BCUT2D eigenvalue weighted by atomic mass is 35.5. The molecule has 3 nitrogen and oxygen atoms in total. The standard InChI is InChI=1S/C19H29ClN2OS/c1-2-18(24-17-10-8-16(20)9-11-17)19(23)21-12-7-15-22-13-5-3-4-6-14-22/h8-11,18H,2-7,12-15H2,1H3,(H,21,23)/t18-/m0/s1. The number of hydrogen-bond acceptors (Lipinski definition) is 3. The van der Waals surface area contributed by atoms with E-state index in [2.05, 4.69) is 17.1 Å². The van der Waals surface area contributed by atoms with E-state index < -0.39 is 0 Å². The first-order valence-corrected chi connectivity index (χ1v) is 10.4. The molecule has 0 spiro atoms. The molecule has 0 aromatic heterocycles. The van der Waals surface area contributed by atoms with E-state index in [1.807, 2.05) is 24.3 Å². The number of thioether (sulfide) groups is 1. The smallest absolute Gasteiger partial charge is 0.233 e. The maximum atomic E-state index is 12.4. The number of benzene rings is 1. The number of likely N-dealkylation sites (tertiary alicyclic amines) is 1. The van der Waals surface area contributed by atoms with Gasteiger partial charge in [-0.2, -0.15) is 0 Å². The van der Waals surface area contributed by atoms with Crippen molar-refractivity contribution in [3.63, 3.8) is 0 Å². The Morgan fingerprint density at radius 2 is 1.88 bits per heavy atom. The molecule has 1 atom stereocenters. The number of rotatable bonds is 8. The first-order valence-electron chi connectivity index (χ1n) is 9.11. The molecule has 1 aliphatic rings. The molecule has 1 saturated heterocycles. The van der Waals surface area contributed by atoms with E-state index >= 15 is 0 Å². The Kier molecular flexibility index (Phi) is 9.00. The molecular formula is C19H29ClN2OS. The van der Waals surface area contributed by atoms with Crippen LogP contribution in [-0.4, -0.2) is 42.2 Å². The van der Waals surface area contributed by atoms with Gasteiger partial charge in [-0.1, -0.05) is 31.4 Å². The highest BCUT2D eigenvalue weighted by molar-refractivity contribution is 8.00. The second-order valence-corrected chi connectivity index (χ2v) is 8.08. The molecule has 5 heteroatoms. The highest BCUT2D eigenvalue weighted by Gasteiger charge is 2.17. The van der Waals surface area contributed by atoms with Crippen molar-refractivity contribution < 1.29 is 4.79 Å². The van der Waals surface area contributed by atoms with Crippen molar-refractivity contribution in [3.8, 4) is 0 Å². The number of amides is 1. The van der Waals surface area contributed by atoms with Gasteiger partial charge in [0.1, 0.15) is 0 Å². The predicted molar refractivity (Wildman–Crippen MR) is 104 cm³/mol. The lowest BCUT2D eigenvalue weighted by atomic mass is 10.2. The molecule has 1 heterocycles. The van der Waals surface area contributed by atoms with Crippen LogP contribution in [0.25, 0.3) is 0 Å². The quantitative estimate of drug-likeness (QED) is 0.538. The number of nitrogens with one attached hydrogen (secondary N) is 1. The van der Waals surface area contributed by atoms with Crippen LogP contribution in [0.3, 0.4) is 0 Å². The Hall–Kier alpha value is -0.710. The largest absolute Gasteiger partial charge is 0.355 e. The summed E-state index contributed by atoms with van der Waals surface area (Å²) in [4.78, 5) is 16.0. The average molecular weight is 369 g/mol. The second kappa shape index (κ2) is 11.0. The van der Waals surface area contributed by atoms with Gasteiger partial charge in [0.15, 0.2) is 0 Å². The molecule has 134 valence electrons. The predicted octanol–water partition coefficient (Wildman–Crippen LogP) is 4.59. The van der Waals surface area contributed by atoms with Crippen LogP contribution >= 0.6 is 23.4 Å². The van der Waals surface area contributed by atoms with Crippen LogP contribution in [0.2, 0.25) is 5.02 Å². The number of carbonyl (C=O) groups excluding carboxylic acids is 1. The van der Waals surface area contributed by atoms with E-state index in [0.717, 1.165) is 35.8 Å². The minimum absolute atomic E-state index is 0.0376. The van der Waals surface area contributed by atoms with Crippen LogP contribution in [0.15, 0.2) is 29.2 Å². The molecule has 0 saturated carbocycles. The molecule has 0 radical (unpaired) electrons. The fraction of sp³-hybridized carbons (Fsp3) is 0.632. The summed E-state index contributed by atoms with van der Waals surface area (Å²) in [5.74, 6) is 0.147. The summed E-state index contributed by atoms with van der Waals surface area (Å²) < 4.78 is 0. The topological polar surface area (TPSA) is 32.3 Å². The molecule has 1 aliphatic heterocycles. The maximum absolute atomic E-state index is 12.4. The van der Waals surface area contributed by atoms with Crippen molar-refractivity contribution in [1.82, 2.24) is 10.2 Å². The van der Waals surface area contributed by atoms with Gasteiger partial charge in [-0.15, -0.1) is 11.8 Å².